The molecule has 0 amide bonds. The SMILES string of the molecule is O=S(=O)(O)c1cc(Nc2cc(Oc3ccc4ccccc4c3)nc(Oc3ccc4ccccc4c3)n2)ccc1C=Cc1ccc(Nc2cc(Oc3ccc4ccccc4c3)nc(Oc3ccc4ccccc4c3)n2)cc1SOOO. The van der Waals surface area contributed by atoms with E-state index in [0.717, 1.165) is 43.1 Å². The molecule has 0 atom stereocenters. The molecule has 392 valence electrons. The van der Waals surface area contributed by atoms with Gasteiger partial charge < -0.3 is 29.6 Å². The Hall–Kier alpha value is -9.92. The summed E-state index contributed by atoms with van der Waals surface area (Å²) in [7, 11) is -4.82. The number of ether oxygens (including phenoxy) is 4. The Morgan fingerprint density at radius 2 is 0.800 bits per heavy atom. The lowest BCUT2D eigenvalue weighted by molar-refractivity contribution is -0.432. The first kappa shape index (κ1) is 50.9. The highest BCUT2D eigenvalue weighted by Crippen LogP contribution is 2.36. The molecule has 0 saturated carbocycles. The third kappa shape index (κ3) is 12.1. The molecule has 4 N–H and O–H groups in total. The van der Waals surface area contributed by atoms with Gasteiger partial charge in [-0.2, -0.15) is 28.4 Å². The maximum atomic E-state index is 13.1. The first-order chi connectivity index (χ1) is 39.1. The zero-order valence-corrected chi connectivity index (χ0v) is 43.3. The predicted molar refractivity (Wildman–Crippen MR) is 309 cm³/mol. The van der Waals surface area contributed by atoms with Gasteiger partial charge in [-0.05, 0) is 127 Å². The van der Waals surface area contributed by atoms with Crippen LogP contribution in [-0.4, -0.2) is 38.2 Å². The molecular weight excluding hydrogens is 1050 g/mol. The molecule has 18 heteroatoms. The molecule has 12 aromatic rings. The van der Waals surface area contributed by atoms with Crippen molar-refractivity contribution in [2.45, 2.75) is 9.79 Å². The number of fused-ring (bicyclic) bond motifs is 4. The smallest absolute Gasteiger partial charge is 0.327 e. The second kappa shape index (κ2) is 22.6. The molecule has 0 saturated heterocycles. The number of anilines is 4. The summed E-state index contributed by atoms with van der Waals surface area (Å²) >= 11 is 0.680. The van der Waals surface area contributed by atoms with Crippen molar-refractivity contribution in [2.24, 2.45) is 0 Å². The number of rotatable bonds is 18. The quantitative estimate of drug-likeness (QED) is 0.0207. The van der Waals surface area contributed by atoms with E-state index >= 15 is 0 Å². The first-order valence-electron chi connectivity index (χ1n) is 24.7. The third-order valence-electron chi connectivity index (χ3n) is 12.6. The van der Waals surface area contributed by atoms with E-state index in [9.17, 15) is 18.2 Å². The second-order valence-electron chi connectivity index (χ2n) is 18.0. The van der Waals surface area contributed by atoms with Crippen molar-refractivity contribution >= 4 is 100 Å². The average molecular weight is 1100 g/mol. The van der Waals surface area contributed by atoms with Gasteiger partial charge in [-0.1, -0.05) is 151 Å². The summed E-state index contributed by atoms with van der Waals surface area (Å²) in [6, 6.07) is 66.9. The van der Waals surface area contributed by atoms with Crippen LogP contribution in [0.3, 0.4) is 0 Å². The largest absolute Gasteiger partial charge is 0.439 e. The highest BCUT2D eigenvalue weighted by atomic mass is 32.2. The van der Waals surface area contributed by atoms with Gasteiger partial charge in [0.05, 0.1) is 12.0 Å². The highest BCUT2D eigenvalue weighted by molar-refractivity contribution is 7.94. The summed E-state index contributed by atoms with van der Waals surface area (Å²) in [6.07, 6.45) is 3.11. The average Bonchev–Trinajstić information content (AvgIpc) is 3.48. The molecule has 0 spiro atoms. The summed E-state index contributed by atoms with van der Waals surface area (Å²) in [5, 5.41) is 27.6. The Kier molecular flexibility index (Phi) is 14.4. The van der Waals surface area contributed by atoms with E-state index in [-0.39, 0.29) is 40.8 Å². The van der Waals surface area contributed by atoms with Crippen LogP contribution >= 0.6 is 12.0 Å². The minimum absolute atomic E-state index is 0.00613. The van der Waals surface area contributed by atoms with Gasteiger partial charge in [0, 0.05) is 28.4 Å². The lowest BCUT2D eigenvalue weighted by Gasteiger charge is -2.13. The monoisotopic (exact) mass is 1090 g/mol. The van der Waals surface area contributed by atoms with Crippen LogP contribution in [-0.2, 0) is 19.5 Å². The maximum Gasteiger partial charge on any atom is 0.327 e. The summed E-state index contributed by atoms with van der Waals surface area (Å²) in [5.74, 6) is 2.88. The van der Waals surface area contributed by atoms with Crippen LogP contribution in [0.25, 0.3) is 55.2 Å². The molecule has 0 fully saturated rings. The van der Waals surface area contributed by atoms with E-state index < -0.39 is 15.0 Å². The lowest BCUT2D eigenvalue weighted by atomic mass is 10.1. The molecule has 10 aromatic carbocycles. The van der Waals surface area contributed by atoms with Crippen molar-refractivity contribution in [3.8, 4) is 46.8 Å². The van der Waals surface area contributed by atoms with Gasteiger partial charge in [0.25, 0.3) is 10.1 Å². The number of benzene rings is 10. The zero-order valence-electron chi connectivity index (χ0n) is 41.7. The summed E-state index contributed by atoms with van der Waals surface area (Å²) in [4.78, 5) is 18.4. The molecule has 12 rings (SSSR count). The minimum atomic E-state index is -4.82. The van der Waals surface area contributed by atoms with Crippen LogP contribution in [0.15, 0.2) is 228 Å². The molecule has 0 aliphatic carbocycles. The highest BCUT2D eigenvalue weighted by Gasteiger charge is 2.18. The molecule has 16 nitrogen and oxygen atoms in total. The van der Waals surface area contributed by atoms with Gasteiger partial charge in [-0.15, -0.1) is 4.33 Å². The normalized spacial score (nSPS) is 11.6. The third-order valence-corrected chi connectivity index (χ3v) is 14.1. The molecule has 2 heterocycles. The lowest BCUT2D eigenvalue weighted by Crippen LogP contribution is -2.04. The Labute approximate surface area is 461 Å². The summed E-state index contributed by atoms with van der Waals surface area (Å²) in [5.41, 5.74) is 1.40. The molecule has 2 aromatic heterocycles. The second-order valence-corrected chi connectivity index (χ2v) is 20.1. The number of hydrogen-bond acceptors (Lipinski definition) is 16. The first-order valence-corrected chi connectivity index (χ1v) is 26.8. The van der Waals surface area contributed by atoms with Crippen LogP contribution in [0.2, 0.25) is 0 Å². The van der Waals surface area contributed by atoms with E-state index in [1.54, 1.807) is 48.5 Å². The van der Waals surface area contributed by atoms with Crippen LogP contribution < -0.4 is 29.6 Å². The van der Waals surface area contributed by atoms with Crippen molar-refractivity contribution in [3.63, 3.8) is 0 Å². The molecule has 0 radical (unpaired) electrons. The zero-order chi connectivity index (χ0) is 54.4. The fourth-order valence-corrected chi connectivity index (χ4v) is 10.1. The van der Waals surface area contributed by atoms with E-state index in [1.165, 1.54) is 18.2 Å². The number of aromatic nitrogens is 4. The van der Waals surface area contributed by atoms with Gasteiger partial charge in [0.15, 0.2) is 0 Å². The van der Waals surface area contributed by atoms with Gasteiger partial charge in [-0.3, -0.25) is 4.55 Å². The van der Waals surface area contributed by atoms with Crippen LogP contribution in [0, 0.1) is 0 Å². The Morgan fingerprint density at radius 3 is 1.23 bits per heavy atom. The van der Waals surface area contributed by atoms with Crippen molar-refractivity contribution in [2.75, 3.05) is 10.6 Å². The maximum absolute atomic E-state index is 13.1. The van der Waals surface area contributed by atoms with Crippen LogP contribution in [0.1, 0.15) is 11.1 Å². The Balaban J connectivity index is 0.821. The summed E-state index contributed by atoms with van der Waals surface area (Å²) in [6.45, 7) is 0. The molecular formula is C62H42N6O10S2. The molecule has 0 bridgehead atoms. The van der Waals surface area contributed by atoms with Crippen LogP contribution in [0.5, 0.6) is 46.8 Å². The Morgan fingerprint density at radius 1 is 0.412 bits per heavy atom. The standard InChI is InChI=1S/C62H42N6O10S2/c69-77-78-79-55-35-49(63-57-37-59(73-51-27-21-39-9-1-5-13-45(39)31-51)67-61(65-57)75-53-29-23-41-11-3-7-15-47(41)33-53)25-19-43(55)17-18-44-20-26-50(36-56(44)80(70,71)72)64-58-38-60(74-52-28-22-40-10-2-6-14-46(40)32-52)68-62(66-58)76-54-30-24-42-12-4-8-16-48(42)34-54/h1-38,69H,(H,63,65,67)(H,64,66,68)(H,70,71,72). The van der Waals surface area contributed by atoms with Crippen molar-refractivity contribution < 1.29 is 46.5 Å². The van der Waals surface area contributed by atoms with Gasteiger partial charge in [0.2, 0.25) is 11.8 Å². The van der Waals surface area contributed by atoms with Gasteiger partial charge in [0.1, 0.15) is 39.5 Å². The molecule has 0 aliphatic heterocycles. The van der Waals surface area contributed by atoms with E-state index in [0.29, 0.717) is 57.0 Å². The fraction of sp³-hybridized carbons (Fsp3) is 0. The number of nitrogens with one attached hydrogen (secondary N) is 2. The minimum Gasteiger partial charge on any atom is -0.439 e. The van der Waals surface area contributed by atoms with Crippen molar-refractivity contribution in [1.29, 1.82) is 0 Å². The molecule has 80 heavy (non-hydrogen) atoms. The van der Waals surface area contributed by atoms with Crippen LogP contribution in [0.4, 0.5) is 23.0 Å². The molecule has 0 aliphatic rings. The topological polar surface area (TPSA) is 206 Å². The van der Waals surface area contributed by atoms with Gasteiger partial charge >= 0.3 is 12.0 Å². The van der Waals surface area contributed by atoms with E-state index in [1.807, 2.05) is 164 Å². The Bertz CT molecular complexity index is 4250. The fourth-order valence-electron chi connectivity index (χ4n) is 8.83. The van der Waals surface area contributed by atoms with Crippen molar-refractivity contribution in [1.82, 2.24) is 19.9 Å². The predicted octanol–water partition coefficient (Wildman–Crippen LogP) is 16.4. The summed E-state index contributed by atoms with van der Waals surface area (Å²) < 4.78 is 66.6. The van der Waals surface area contributed by atoms with Gasteiger partial charge in [-0.25, -0.2) is 5.26 Å². The number of nitrogens with zero attached hydrogens (tertiary/aromatic N) is 4. The molecule has 0 unspecified atom stereocenters. The van der Waals surface area contributed by atoms with E-state index in [4.69, 9.17) is 23.3 Å². The van der Waals surface area contributed by atoms with Crippen molar-refractivity contribution in [3.05, 3.63) is 230 Å². The van der Waals surface area contributed by atoms with E-state index in [2.05, 4.69) is 35.6 Å². The number of hydrogen-bond donors (Lipinski definition) is 4.